The van der Waals surface area contributed by atoms with Crippen molar-refractivity contribution in [3.63, 3.8) is 0 Å². The summed E-state index contributed by atoms with van der Waals surface area (Å²) >= 11 is 0. The highest BCUT2D eigenvalue weighted by molar-refractivity contribution is 5.96. The predicted octanol–water partition coefficient (Wildman–Crippen LogP) is 2.18. The third kappa shape index (κ3) is 1.66. The van der Waals surface area contributed by atoms with Crippen LogP contribution in [-0.2, 0) is 0 Å². The molecule has 0 N–H and O–H groups in total. The number of imidazole rings is 1. The number of hydrogen-bond acceptors (Lipinski definition) is 3. The first-order valence-electron chi connectivity index (χ1n) is 5.19. The number of rotatable bonds is 3. The first-order chi connectivity index (χ1) is 7.63. The number of ether oxygens (including phenoxy) is 1. The van der Waals surface area contributed by atoms with E-state index in [0.717, 1.165) is 11.4 Å². The molecule has 16 heavy (non-hydrogen) atoms. The Labute approximate surface area is 93.9 Å². The van der Waals surface area contributed by atoms with E-state index in [9.17, 15) is 4.79 Å². The lowest BCUT2D eigenvalue weighted by Crippen LogP contribution is -2.10. The third-order valence-electron chi connectivity index (χ3n) is 2.50. The number of methoxy groups -OCH3 is 1. The molecule has 0 bridgehead atoms. The van der Waals surface area contributed by atoms with Crippen LogP contribution in [0.5, 0.6) is 5.75 Å². The first kappa shape index (κ1) is 10.7. The van der Waals surface area contributed by atoms with Crippen LogP contribution in [0.15, 0.2) is 24.5 Å². The largest absolute Gasteiger partial charge is 0.497 e. The zero-order valence-electron chi connectivity index (χ0n) is 9.60. The highest BCUT2D eigenvalue weighted by atomic mass is 16.5. The van der Waals surface area contributed by atoms with E-state index in [-0.39, 0.29) is 11.7 Å². The molecule has 0 aromatic carbocycles. The van der Waals surface area contributed by atoms with Gasteiger partial charge in [-0.3, -0.25) is 9.20 Å². The minimum absolute atomic E-state index is 0.0259. The van der Waals surface area contributed by atoms with Crippen molar-refractivity contribution in [2.24, 2.45) is 5.92 Å². The molecule has 2 heterocycles. The zero-order chi connectivity index (χ0) is 11.7. The van der Waals surface area contributed by atoms with Gasteiger partial charge in [0.15, 0.2) is 5.78 Å². The smallest absolute Gasteiger partial charge is 0.183 e. The Hall–Kier alpha value is -1.84. The fourth-order valence-corrected chi connectivity index (χ4v) is 1.57. The second kappa shape index (κ2) is 3.96. The van der Waals surface area contributed by atoms with Gasteiger partial charge in [-0.05, 0) is 6.07 Å². The molecule has 0 aliphatic rings. The van der Waals surface area contributed by atoms with Crippen molar-refractivity contribution in [1.82, 2.24) is 9.38 Å². The van der Waals surface area contributed by atoms with Gasteiger partial charge in [-0.25, -0.2) is 4.98 Å². The molecule has 2 rings (SSSR count). The number of fused-ring (bicyclic) bond motifs is 1. The number of hydrogen-bond donors (Lipinski definition) is 0. The van der Waals surface area contributed by atoms with Crippen molar-refractivity contribution in [3.8, 4) is 5.75 Å². The van der Waals surface area contributed by atoms with E-state index in [1.165, 1.54) is 0 Å². The van der Waals surface area contributed by atoms with Gasteiger partial charge in [-0.15, -0.1) is 0 Å². The van der Waals surface area contributed by atoms with E-state index in [1.807, 2.05) is 19.9 Å². The molecule has 0 saturated heterocycles. The molecule has 0 spiro atoms. The number of aromatic nitrogens is 2. The van der Waals surface area contributed by atoms with Crippen LogP contribution >= 0.6 is 0 Å². The summed E-state index contributed by atoms with van der Waals surface area (Å²) < 4.78 is 6.88. The number of carbonyl (C=O) groups excluding carboxylic acids is 1. The van der Waals surface area contributed by atoms with Gasteiger partial charge in [0, 0.05) is 18.2 Å². The molecule has 0 unspecified atom stereocenters. The zero-order valence-corrected chi connectivity index (χ0v) is 9.60. The van der Waals surface area contributed by atoms with E-state index in [0.29, 0.717) is 5.69 Å². The summed E-state index contributed by atoms with van der Waals surface area (Å²) in [5.41, 5.74) is 1.34. The molecule has 4 heteroatoms. The SMILES string of the molecule is COc1ccn2c(C(=O)C(C)C)cnc2c1. The lowest BCUT2D eigenvalue weighted by Gasteiger charge is -2.04. The summed E-state index contributed by atoms with van der Waals surface area (Å²) in [5, 5.41) is 0. The molecule has 0 saturated carbocycles. The van der Waals surface area contributed by atoms with Crippen LogP contribution in [0.3, 0.4) is 0 Å². The van der Waals surface area contributed by atoms with Crippen molar-refractivity contribution in [2.75, 3.05) is 7.11 Å². The van der Waals surface area contributed by atoms with E-state index in [4.69, 9.17) is 4.74 Å². The van der Waals surface area contributed by atoms with Gasteiger partial charge in [-0.2, -0.15) is 0 Å². The van der Waals surface area contributed by atoms with Gasteiger partial charge in [0.1, 0.15) is 17.1 Å². The van der Waals surface area contributed by atoms with Gasteiger partial charge in [0.25, 0.3) is 0 Å². The topological polar surface area (TPSA) is 43.6 Å². The molecule has 0 aliphatic carbocycles. The molecule has 2 aromatic rings. The predicted molar refractivity (Wildman–Crippen MR) is 60.9 cm³/mol. The van der Waals surface area contributed by atoms with Crippen molar-refractivity contribution >= 4 is 11.4 Å². The van der Waals surface area contributed by atoms with Crippen LogP contribution in [0.2, 0.25) is 0 Å². The minimum Gasteiger partial charge on any atom is -0.497 e. The first-order valence-corrected chi connectivity index (χ1v) is 5.19. The highest BCUT2D eigenvalue weighted by Gasteiger charge is 2.15. The number of carbonyl (C=O) groups is 1. The maximum atomic E-state index is 11.9. The number of nitrogens with zero attached hydrogens (tertiary/aromatic N) is 2. The van der Waals surface area contributed by atoms with Crippen LogP contribution < -0.4 is 4.74 Å². The van der Waals surface area contributed by atoms with Crippen LogP contribution in [0.25, 0.3) is 5.65 Å². The van der Waals surface area contributed by atoms with E-state index in [2.05, 4.69) is 4.98 Å². The fourth-order valence-electron chi connectivity index (χ4n) is 1.57. The molecule has 0 amide bonds. The number of pyridine rings is 1. The lowest BCUT2D eigenvalue weighted by molar-refractivity contribution is 0.0933. The lowest BCUT2D eigenvalue weighted by atomic mass is 10.1. The molecule has 0 atom stereocenters. The molecule has 4 nitrogen and oxygen atoms in total. The summed E-state index contributed by atoms with van der Waals surface area (Å²) in [6.45, 7) is 3.76. The van der Waals surface area contributed by atoms with Crippen LogP contribution in [0.4, 0.5) is 0 Å². The summed E-state index contributed by atoms with van der Waals surface area (Å²) in [6.07, 6.45) is 3.41. The number of Topliss-reactive ketones (excluding diaryl/α,β-unsaturated/α-hetero) is 1. The van der Waals surface area contributed by atoms with Crippen LogP contribution in [0, 0.1) is 5.92 Å². The average molecular weight is 218 g/mol. The second-order valence-corrected chi connectivity index (χ2v) is 3.96. The summed E-state index contributed by atoms with van der Waals surface area (Å²) in [6, 6.07) is 3.61. The Kier molecular flexibility index (Phi) is 2.64. The van der Waals surface area contributed by atoms with Gasteiger partial charge < -0.3 is 4.74 Å². The van der Waals surface area contributed by atoms with Gasteiger partial charge in [0.05, 0.1) is 13.3 Å². The van der Waals surface area contributed by atoms with Crippen molar-refractivity contribution in [3.05, 3.63) is 30.2 Å². The Morgan fingerprint density at radius 3 is 2.88 bits per heavy atom. The van der Waals surface area contributed by atoms with E-state index >= 15 is 0 Å². The summed E-state index contributed by atoms with van der Waals surface area (Å²) in [4.78, 5) is 16.1. The maximum absolute atomic E-state index is 11.9. The minimum atomic E-state index is -0.0259. The molecule has 84 valence electrons. The van der Waals surface area contributed by atoms with Crippen molar-refractivity contribution < 1.29 is 9.53 Å². The van der Waals surface area contributed by atoms with E-state index < -0.39 is 0 Å². The molecular weight excluding hydrogens is 204 g/mol. The van der Waals surface area contributed by atoms with Gasteiger partial charge in [-0.1, -0.05) is 13.8 Å². The summed E-state index contributed by atoms with van der Waals surface area (Å²) in [5.74, 6) is 0.807. The maximum Gasteiger partial charge on any atom is 0.183 e. The molecule has 2 aromatic heterocycles. The van der Waals surface area contributed by atoms with Gasteiger partial charge >= 0.3 is 0 Å². The van der Waals surface area contributed by atoms with Crippen molar-refractivity contribution in [2.45, 2.75) is 13.8 Å². The van der Waals surface area contributed by atoms with Gasteiger partial charge in [0.2, 0.25) is 0 Å². The Balaban J connectivity index is 2.53. The molecular formula is C12H14N2O2. The van der Waals surface area contributed by atoms with Crippen LogP contribution in [0.1, 0.15) is 24.3 Å². The average Bonchev–Trinajstić information content (AvgIpc) is 2.70. The Morgan fingerprint density at radius 1 is 1.50 bits per heavy atom. The summed E-state index contributed by atoms with van der Waals surface area (Å²) in [7, 11) is 1.61. The number of ketones is 1. The second-order valence-electron chi connectivity index (χ2n) is 3.96. The van der Waals surface area contributed by atoms with Crippen LogP contribution in [-0.4, -0.2) is 22.3 Å². The quantitative estimate of drug-likeness (QED) is 0.742. The Morgan fingerprint density at radius 2 is 2.25 bits per heavy atom. The third-order valence-corrected chi connectivity index (χ3v) is 2.50. The van der Waals surface area contributed by atoms with Crippen molar-refractivity contribution in [1.29, 1.82) is 0 Å². The molecule has 0 fully saturated rings. The highest BCUT2D eigenvalue weighted by Crippen LogP contribution is 2.16. The molecule has 0 aliphatic heterocycles. The van der Waals surface area contributed by atoms with E-state index in [1.54, 1.807) is 30.0 Å². The normalized spacial score (nSPS) is 11.0. The Bertz CT molecular complexity index is 529. The monoisotopic (exact) mass is 218 g/mol. The molecule has 0 radical (unpaired) electrons. The fraction of sp³-hybridized carbons (Fsp3) is 0.333. The standard InChI is InChI=1S/C12H14N2O2/c1-8(2)12(15)10-7-13-11-6-9(16-3)4-5-14(10)11/h4-8H,1-3H3.